The second kappa shape index (κ2) is 7.84. The molecule has 0 saturated carbocycles. The summed E-state index contributed by atoms with van der Waals surface area (Å²) in [4.78, 5) is 0. The van der Waals surface area contributed by atoms with Crippen molar-refractivity contribution in [1.82, 2.24) is 5.32 Å². The summed E-state index contributed by atoms with van der Waals surface area (Å²) in [6.07, 6.45) is 2.21. The highest BCUT2D eigenvalue weighted by Gasteiger charge is 2.04. The van der Waals surface area contributed by atoms with Gasteiger partial charge in [0.1, 0.15) is 0 Å². The highest BCUT2D eigenvalue weighted by atomic mass is 35.5. The lowest BCUT2D eigenvalue weighted by Gasteiger charge is -2.14. The zero-order chi connectivity index (χ0) is 15.2. The Morgan fingerprint density at radius 2 is 1.62 bits per heavy atom. The average Bonchev–Trinajstić information content (AvgIpc) is 2.48. The van der Waals surface area contributed by atoms with Crippen LogP contribution in [0.3, 0.4) is 0 Å². The van der Waals surface area contributed by atoms with E-state index in [0.717, 1.165) is 24.9 Å². The lowest BCUT2D eigenvalue weighted by atomic mass is 10.0. The number of halogens is 2. The van der Waals surface area contributed by atoms with Crippen LogP contribution < -0.4 is 5.32 Å². The van der Waals surface area contributed by atoms with Crippen molar-refractivity contribution in [3.8, 4) is 0 Å². The van der Waals surface area contributed by atoms with Crippen LogP contribution in [0.25, 0.3) is 0 Å². The smallest absolute Gasteiger partial charge is 0.0595 e. The van der Waals surface area contributed by atoms with Crippen LogP contribution in [0.15, 0.2) is 42.5 Å². The fraction of sp³-hybridized carbons (Fsp3) is 0.333. The molecule has 1 unspecified atom stereocenters. The molecule has 0 aliphatic carbocycles. The molecule has 0 amide bonds. The molecule has 0 aliphatic rings. The van der Waals surface area contributed by atoms with Crippen molar-refractivity contribution < 1.29 is 0 Å². The number of benzene rings is 2. The van der Waals surface area contributed by atoms with E-state index in [9.17, 15) is 0 Å². The van der Waals surface area contributed by atoms with Gasteiger partial charge in [0.25, 0.3) is 0 Å². The minimum atomic E-state index is 0.459. The molecule has 0 radical (unpaired) electrons. The number of hydrogen-bond acceptors (Lipinski definition) is 1. The van der Waals surface area contributed by atoms with E-state index < -0.39 is 0 Å². The van der Waals surface area contributed by atoms with E-state index >= 15 is 0 Å². The highest BCUT2D eigenvalue weighted by Crippen LogP contribution is 2.22. The first-order valence-electron chi connectivity index (χ1n) is 7.27. The fourth-order valence-electron chi connectivity index (χ4n) is 2.18. The van der Waals surface area contributed by atoms with Crippen molar-refractivity contribution >= 4 is 23.2 Å². The molecule has 0 bridgehead atoms. The van der Waals surface area contributed by atoms with Crippen molar-refractivity contribution in [2.45, 2.75) is 39.3 Å². The van der Waals surface area contributed by atoms with Gasteiger partial charge in [-0.05, 0) is 49.9 Å². The van der Waals surface area contributed by atoms with Gasteiger partial charge in [-0.3, -0.25) is 0 Å². The molecule has 1 nitrogen and oxygen atoms in total. The Balaban J connectivity index is 1.77. The van der Waals surface area contributed by atoms with Gasteiger partial charge in [-0.1, -0.05) is 59.1 Å². The minimum Gasteiger partial charge on any atom is -0.310 e. The number of hydrogen-bond donors (Lipinski definition) is 1. The van der Waals surface area contributed by atoms with Gasteiger partial charge in [0.05, 0.1) is 10.0 Å². The van der Waals surface area contributed by atoms with Crippen LogP contribution in [0.4, 0.5) is 0 Å². The van der Waals surface area contributed by atoms with E-state index in [1.54, 1.807) is 0 Å². The standard InChI is InChI=1S/C18H21Cl2N/c1-13-3-6-15(7-4-13)8-5-14(2)21-12-16-9-10-17(19)18(20)11-16/h3-4,6-7,9-11,14,21H,5,8,12H2,1-2H3. The molecule has 0 spiro atoms. The maximum atomic E-state index is 6.02. The summed E-state index contributed by atoms with van der Waals surface area (Å²) in [7, 11) is 0. The van der Waals surface area contributed by atoms with E-state index in [-0.39, 0.29) is 0 Å². The van der Waals surface area contributed by atoms with Gasteiger partial charge < -0.3 is 5.32 Å². The van der Waals surface area contributed by atoms with E-state index in [2.05, 4.69) is 43.4 Å². The third-order valence-electron chi connectivity index (χ3n) is 3.63. The first-order chi connectivity index (χ1) is 10.0. The fourth-order valence-corrected chi connectivity index (χ4v) is 2.50. The van der Waals surface area contributed by atoms with Gasteiger partial charge in [-0.2, -0.15) is 0 Å². The molecule has 2 aromatic carbocycles. The molecule has 2 rings (SSSR count). The summed E-state index contributed by atoms with van der Waals surface area (Å²) in [6, 6.07) is 15.0. The maximum absolute atomic E-state index is 6.02. The maximum Gasteiger partial charge on any atom is 0.0595 e. The average molecular weight is 322 g/mol. The van der Waals surface area contributed by atoms with Gasteiger partial charge in [0.15, 0.2) is 0 Å². The zero-order valence-electron chi connectivity index (χ0n) is 12.5. The monoisotopic (exact) mass is 321 g/mol. The van der Waals surface area contributed by atoms with Crippen molar-refractivity contribution in [1.29, 1.82) is 0 Å². The second-order valence-corrected chi connectivity index (χ2v) is 6.37. The van der Waals surface area contributed by atoms with Gasteiger partial charge in [0.2, 0.25) is 0 Å². The molecule has 21 heavy (non-hydrogen) atoms. The van der Waals surface area contributed by atoms with E-state index in [1.807, 2.05) is 18.2 Å². The van der Waals surface area contributed by atoms with Crippen molar-refractivity contribution in [2.24, 2.45) is 0 Å². The van der Waals surface area contributed by atoms with Crippen LogP contribution >= 0.6 is 23.2 Å². The summed E-state index contributed by atoms with van der Waals surface area (Å²) in [5, 5.41) is 4.74. The van der Waals surface area contributed by atoms with Gasteiger partial charge >= 0.3 is 0 Å². The Labute approximate surface area is 137 Å². The highest BCUT2D eigenvalue weighted by molar-refractivity contribution is 6.42. The van der Waals surface area contributed by atoms with Crippen molar-refractivity contribution in [3.63, 3.8) is 0 Å². The molecule has 2 aromatic rings. The van der Waals surface area contributed by atoms with Gasteiger partial charge in [-0.25, -0.2) is 0 Å². The van der Waals surface area contributed by atoms with Crippen LogP contribution in [-0.4, -0.2) is 6.04 Å². The van der Waals surface area contributed by atoms with Gasteiger partial charge in [0, 0.05) is 12.6 Å². The van der Waals surface area contributed by atoms with Crippen LogP contribution in [0.1, 0.15) is 30.0 Å². The summed E-state index contributed by atoms with van der Waals surface area (Å²) >= 11 is 11.9. The molecule has 0 aromatic heterocycles. The van der Waals surface area contributed by atoms with Crippen LogP contribution in [0.5, 0.6) is 0 Å². The molecule has 1 atom stereocenters. The Morgan fingerprint density at radius 3 is 2.29 bits per heavy atom. The topological polar surface area (TPSA) is 12.0 Å². The third-order valence-corrected chi connectivity index (χ3v) is 4.36. The lowest BCUT2D eigenvalue weighted by Crippen LogP contribution is -2.25. The zero-order valence-corrected chi connectivity index (χ0v) is 14.0. The normalized spacial score (nSPS) is 12.4. The lowest BCUT2D eigenvalue weighted by molar-refractivity contribution is 0.514. The second-order valence-electron chi connectivity index (χ2n) is 5.55. The minimum absolute atomic E-state index is 0.459. The summed E-state index contributed by atoms with van der Waals surface area (Å²) in [5.74, 6) is 0. The third kappa shape index (κ3) is 5.35. The van der Waals surface area contributed by atoms with E-state index in [0.29, 0.717) is 16.1 Å². The first kappa shape index (κ1) is 16.4. The largest absolute Gasteiger partial charge is 0.310 e. The first-order valence-corrected chi connectivity index (χ1v) is 8.03. The van der Waals surface area contributed by atoms with Gasteiger partial charge in [-0.15, -0.1) is 0 Å². The van der Waals surface area contributed by atoms with Crippen LogP contribution in [0.2, 0.25) is 10.0 Å². The predicted molar refractivity (Wildman–Crippen MR) is 92.3 cm³/mol. The van der Waals surface area contributed by atoms with Crippen LogP contribution in [-0.2, 0) is 13.0 Å². The number of rotatable bonds is 6. The molecule has 0 saturated heterocycles. The van der Waals surface area contributed by atoms with E-state index in [1.165, 1.54) is 11.1 Å². The number of nitrogens with one attached hydrogen (secondary N) is 1. The molecule has 112 valence electrons. The van der Waals surface area contributed by atoms with Crippen molar-refractivity contribution in [3.05, 3.63) is 69.2 Å². The number of aryl methyl sites for hydroxylation is 2. The molecule has 0 aliphatic heterocycles. The molecular formula is C18H21Cl2N. The van der Waals surface area contributed by atoms with Crippen LogP contribution in [0, 0.1) is 6.92 Å². The molecule has 0 fully saturated rings. The predicted octanol–water partition coefficient (Wildman–Crippen LogP) is 5.41. The molecule has 0 heterocycles. The Bertz CT molecular complexity index is 578. The Kier molecular flexibility index (Phi) is 6.10. The van der Waals surface area contributed by atoms with E-state index in [4.69, 9.17) is 23.2 Å². The molecule has 1 N–H and O–H groups in total. The summed E-state index contributed by atoms with van der Waals surface area (Å²) in [6.45, 7) is 5.14. The quantitative estimate of drug-likeness (QED) is 0.749. The summed E-state index contributed by atoms with van der Waals surface area (Å²) in [5.41, 5.74) is 3.86. The van der Waals surface area contributed by atoms with Crippen molar-refractivity contribution in [2.75, 3.05) is 0 Å². The molecule has 3 heteroatoms. The molecular weight excluding hydrogens is 301 g/mol. The Morgan fingerprint density at radius 1 is 0.952 bits per heavy atom. The SMILES string of the molecule is Cc1ccc(CCC(C)NCc2ccc(Cl)c(Cl)c2)cc1. The summed E-state index contributed by atoms with van der Waals surface area (Å²) < 4.78 is 0. The Hall–Kier alpha value is -1.02.